The number of benzene rings is 1. The van der Waals surface area contributed by atoms with E-state index in [1.165, 1.54) is 25.4 Å². The quantitative estimate of drug-likeness (QED) is 0.530. The van der Waals surface area contributed by atoms with E-state index in [1.807, 2.05) is 30.3 Å². The first-order valence-corrected chi connectivity index (χ1v) is 8.53. The Bertz CT molecular complexity index is 1170. The molecule has 4 rings (SSSR count). The lowest BCUT2D eigenvalue weighted by molar-refractivity contribution is -0.137. The van der Waals surface area contributed by atoms with Crippen molar-refractivity contribution >= 4 is 22.5 Å². The van der Waals surface area contributed by atoms with Gasteiger partial charge in [-0.1, -0.05) is 18.2 Å². The van der Waals surface area contributed by atoms with E-state index in [9.17, 15) is 13.2 Å². The molecule has 29 heavy (non-hydrogen) atoms. The monoisotopic (exact) mass is 397 g/mol. The molecule has 4 aromatic rings. The summed E-state index contributed by atoms with van der Waals surface area (Å²) in [6.07, 6.45) is -3.26. The van der Waals surface area contributed by atoms with Crippen LogP contribution < -0.4 is 10.1 Å². The van der Waals surface area contributed by atoms with E-state index in [1.54, 1.807) is 6.07 Å². The van der Waals surface area contributed by atoms with Crippen LogP contribution in [0.15, 0.2) is 60.8 Å². The SMILES string of the molecule is COc1nc(Nc2ccccc2)c2ccc(-c3ncccc3C(F)(F)F)nc2n1. The number of fused-ring (bicyclic) bond motifs is 1. The Morgan fingerprint density at radius 3 is 2.41 bits per heavy atom. The summed E-state index contributed by atoms with van der Waals surface area (Å²) >= 11 is 0. The van der Waals surface area contributed by atoms with E-state index in [-0.39, 0.29) is 23.0 Å². The molecule has 146 valence electrons. The predicted octanol–water partition coefficient (Wildman–Crippen LogP) is 4.86. The minimum atomic E-state index is -4.55. The molecule has 0 unspecified atom stereocenters. The summed E-state index contributed by atoms with van der Waals surface area (Å²) in [6, 6.07) is 14.6. The van der Waals surface area contributed by atoms with Crippen LogP contribution >= 0.6 is 0 Å². The molecule has 3 aromatic heterocycles. The van der Waals surface area contributed by atoms with Gasteiger partial charge in [-0.2, -0.15) is 23.1 Å². The first-order valence-electron chi connectivity index (χ1n) is 8.53. The molecule has 0 spiro atoms. The Kier molecular flexibility index (Phi) is 4.71. The summed E-state index contributed by atoms with van der Waals surface area (Å²) in [7, 11) is 1.40. The molecule has 6 nitrogen and oxygen atoms in total. The minimum absolute atomic E-state index is 0.0395. The molecule has 0 radical (unpaired) electrons. The summed E-state index contributed by atoms with van der Waals surface area (Å²) in [5.74, 6) is 0.425. The van der Waals surface area contributed by atoms with E-state index in [0.29, 0.717) is 11.2 Å². The van der Waals surface area contributed by atoms with Gasteiger partial charge in [-0.3, -0.25) is 4.98 Å². The highest BCUT2D eigenvalue weighted by atomic mass is 19.4. The zero-order chi connectivity index (χ0) is 20.4. The average Bonchev–Trinajstić information content (AvgIpc) is 2.73. The van der Waals surface area contributed by atoms with Crippen LogP contribution in [0, 0.1) is 0 Å². The summed E-state index contributed by atoms with van der Waals surface area (Å²) in [6.45, 7) is 0. The van der Waals surface area contributed by atoms with Gasteiger partial charge in [-0.05, 0) is 36.4 Å². The van der Waals surface area contributed by atoms with Crippen LogP contribution in [0.1, 0.15) is 5.56 Å². The number of methoxy groups -OCH3 is 1. The Morgan fingerprint density at radius 2 is 1.69 bits per heavy atom. The lowest BCUT2D eigenvalue weighted by atomic mass is 10.1. The van der Waals surface area contributed by atoms with Crippen molar-refractivity contribution < 1.29 is 17.9 Å². The second-order valence-corrected chi connectivity index (χ2v) is 6.01. The summed E-state index contributed by atoms with van der Waals surface area (Å²) in [5.41, 5.74) is -0.112. The third kappa shape index (κ3) is 3.79. The second-order valence-electron chi connectivity index (χ2n) is 6.01. The number of aromatic nitrogens is 4. The third-order valence-electron chi connectivity index (χ3n) is 4.11. The molecule has 3 heterocycles. The van der Waals surface area contributed by atoms with Gasteiger partial charge < -0.3 is 10.1 Å². The third-order valence-corrected chi connectivity index (χ3v) is 4.11. The summed E-state index contributed by atoms with van der Waals surface area (Å²) < 4.78 is 45.2. The van der Waals surface area contributed by atoms with Crippen LogP contribution in [0.4, 0.5) is 24.7 Å². The molecule has 0 aliphatic rings. The molecule has 0 bridgehead atoms. The number of nitrogens with zero attached hydrogens (tertiary/aromatic N) is 4. The van der Waals surface area contributed by atoms with Gasteiger partial charge in [0.05, 0.1) is 23.8 Å². The normalized spacial score (nSPS) is 11.4. The predicted molar refractivity (Wildman–Crippen MR) is 102 cm³/mol. The van der Waals surface area contributed by atoms with Gasteiger partial charge in [-0.15, -0.1) is 0 Å². The van der Waals surface area contributed by atoms with Gasteiger partial charge >= 0.3 is 12.2 Å². The maximum atomic E-state index is 13.3. The van der Waals surface area contributed by atoms with Gasteiger partial charge in [0, 0.05) is 11.9 Å². The Hall–Kier alpha value is -3.75. The molecule has 9 heteroatoms. The fourth-order valence-electron chi connectivity index (χ4n) is 2.80. The number of nitrogens with one attached hydrogen (secondary N) is 1. The van der Waals surface area contributed by atoms with Crippen molar-refractivity contribution in [2.45, 2.75) is 6.18 Å². The van der Waals surface area contributed by atoms with Gasteiger partial charge in [-0.25, -0.2) is 4.98 Å². The smallest absolute Gasteiger partial charge is 0.418 e. The van der Waals surface area contributed by atoms with E-state index in [2.05, 4.69) is 25.3 Å². The minimum Gasteiger partial charge on any atom is -0.467 e. The van der Waals surface area contributed by atoms with Crippen molar-refractivity contribution in [3.8, 4) is 17.4 Å². The van der Waals surface area contributed by atoms with E-state index in [4.69, 9.17) is 4.74 Å². The Balaban J connectivity index is 1.85. The van der Waals surface area contributed by atoms with Crippen LogP contribution in [-0.4, -0.2) is 27.0 Å². The van der Waals surface area contributed by atoms with E-state index in [0.717, 1.165) is 11.8 Å². The molecule has 1 aromatic carbocycles. The Labute approximate surface area is 163 Å². The summed E-state index contributed by atoms with van der Waals surface area (Å²) in [5, 5.41) is 3.68. The van der Waals surface area contributed by atoms with Crippen LogP contribution in [0.2, 0.25) is 0 Å². The number of pyridine rings is 2. The number of ether oxygens (including phenoxy) is 1. The van der Waals surface area contributed by atoms with E-state index >= 15 is 0 Å². The first-order chi connectivity index (χ1) is 14.0. The van der Waals surface area contributed by atoms with Crippen LogP contribution in [-0.2, 0) is 6.18 Å². The van der Waals surface area contributed by atoms with Crippen molar-refractivity contribution in [3.05, 3.63) is 66.4 Å². The molecule has 0 saturated carbocycles. The highest BCUT2D eigenvalue weighted by Gasteiger charge is 2.34. The molecular weight excluding hydrogens is 383 g/mol. The lowest BCUT2D eigenvalue weighted by Crippen LogP contribution is -2.09. The molecular formula is C20H14F3N5O. The van der Waals surface area contributed by atoms with Crippen LogP contribution in [0.5, 0.6) is 6.01 Å². The lowest BCUT2D eigenvalue weighted by Gasteiger charge is -2.13. The van der Waals surface area contributed by atoms with Crippen molar-refractivity contribution in [1.82, 2.24) is 19.9 Å². The van der Waals surface area contributed by atoms with Gasteiger partial charge in [0.15, 0.2) is 5.65 Å². The Morgan fingerprint density at radius 1 is 0.897 bits per heavy atom. The number of hydrogen-bond acceptors (Lipinski definition) is 6. The van der Waals surface area contributed by atoms with Crippen molar-refractivity contribution in [2.24, 2.45) is 0 Å². The number of rotatable bonds is 4. The molecule has 0 atom stereocenters. The molecule has 1 N–H and O–H groups in total. The number of halogens is 3. The molecule has 0 aliphatic carbocycles. The fraction of sp³-hybridized carbons (Fsp3) is 0.100. The van der Waals surface area contributed by atoms with Crippen molar-refractivity contribution in [2.75, 3.05) is 12.4 Å². The number of alkyl halides is 3. The zero-order valence-corrected chi connectivity index (χ0v) is 15.1. The maximum absolute atomic E-state index is 13.3. The molecule has 0 aliphatic heterocycles. The summed E-state index contributed by atoms with van der Waals surface area (Å²) in [4.78, 5) is 16.7. The molecule has 0 saturated heterocycles. The number of hydrogen-bond donors (Lipinski definition) is 1. The largest absolute Gasteiger partial charge is 0.467 e. The van der Waals surface area contributed by atoms with Crippen LogP contribution in [0.25, 0.3) is 22.4 Å². The van der Waals surface area contributed by atoms with Crippen molar-refractivity contribution in [3.63, 3.8) is 0 Å². The molecule has 0 amide bonds. The van der Waals surface area contributed by atoms with E-state index < -0.39 is 11.7 Å². The highest BCUT2D eigenvalue weighted by Crippen LogP contribution is 2.36. The zero-order valence-electron chi connectivity index (χ0n) is 15.1. The first kappa shape index (κ1) is 18.6. The van der Waals surface area contributed by atoms with Gasteiger partial charge in [0.2, 0.25) is 0 Å². The fourth-order valence-corrected chi connectivity index (χ4v) is 2.80. The standard InChI is InChI=1S/C20H14F3N5O/c1-29-19-27-17(25-12-6-3-2-4-7-12)13-9-10-15(26-18(13)28-19)16-14(20(21,22)23)8-5-11-24-16/h2-11H,1H3,(H,25,26,27,28). The number of para-hydroxylation sites is 1. The highest BCUT2D eigenvalue weighted by molar-refractivity contribution is 5.90. The molecule has 0 fully saturated rings. The topological polar surface area (TPSA) is 72.8 Å². The van der Waals surface area contributed by atoms with Crippen LogP contribution in [0.3, 0.4) is 0 Å². The number of anilines is 2. The van der Waals surface area contributed by atoms with Crippen molar-refractivity contribution in [1.29, 1.82) is 0 Å². The second kappa shape index (κ2) is 7.34. The van der Waals surface area contributed by atoms with Gasteiger partial charge in [0.1, 0.15) is 11.5 Å². The average molecular weight is 397 g/mol. The van der Waals surface area contributed by atoms with Gasteiger partial charge in [0.25, 0.3) is 0 Å². The maximum Gasteiger partial charge on any atom is 0.418 e.